The second kappa shape index (κ2) is 5.54. The van der Waals surface area contributed by atoms with Crippen LogP contribution in [0.5, 0.6) is 0 Å². The van der Waals surface area contributed by atoms with E-state index < -0.39 is 0 Å². The number of anilines is 1. The molecule has 4 heterocycles. The van der Waals surface area contributed by atoms with E-state index in [9.17, 15) is 4.79 Å². The smallest absolute Gasteiger partial charge is 0.280 e. The number of aromatic nitrogens is 4. The molecule has 2 aliphatic rings. The van der Waals surface area contributed by atoms with Crippen molar-refractivity contribution >= 4 is 17.1 Å². The van der Waals surface area contributed by atoms with E-state index in [1.165, 1.54) is 0 Å². The maximum absolute atomic E-state index is 12.1. The fourth-order valence-electron chi connectivity index (χ4n) is 5.11. The summed E-state index contributed by atoms with van der Waals surface area (Å²) >= 11 is 0. The molecular weight excluding hydrogens is 346 g/mol. The van der Waals surface area contributed by atoms with Gasteiger partial charge < -0.3 is 15.2 Å². The maximum Gasteiger partial charge on any atom is 0.280 e. The summed E-state index contributed by atoms with van der Waals surface area (Å²) in [6.07, 6.45) is 1.97. The van der Waals surface area contributed by atoms with Crippen molar-refractivity contribution in [1.29, 1.82) is 0 Å². The number of nitrogens with two attached hydrogens (primary N) is 1. The highest BCUT2D eigenvalue weighted by Gasteiger charge is 2.65. The van der Waals surface area contributed by atoms with E-state index in [0.717, 1.165) is 6.42 Å². The van der Waals surface area contributed by atoms with E-state index in [4.69, 9.17) is 15.2 Å². The third kappa shape index (κ3) is 2.86. The third-order valence-corrected chi connectivity index (χ3v) is 5.54. The lowest BCUT2D eigenvalue weighted by molar-refractivity contribution is -0.182. The molecule has 4 atom stereocenters. The number of aromatic amines is 1. The van der Waals surface area contributed by atoms with Gasteiger partial charge in [-0.2, -0.15) is 4.98 Å². The van der Waals surface area contributed by atoms with Gasteiger partial charge in [-0.15, -0.1) is 0 Å². The van der Waals surface area contributed by atoms with Gasteiger partial charge in [-0.1, -0.05) is 41.5 Å². The van der Waals surface area contributed by atoms with Gasteiger partial charge in [0, 0.05) is 5.92 Å². The monoisotopic (exact) mass is 375 g/mol. The molecule has 8 nitrogen and oxygen atoms in total. The van der Waals surface area contributed by atoms with Crippen molar-refractivity contribution < 1.29 is 9.47 Å². The van der Waals surface area contributed by atoms with Gasteiger partial charge in [-0.25, -0.2) is 4.98 Å². The van der Waals surface area contributed by atoms with Gasteiger partial charge in [0.1, 0.15) is 11.7 Å². The Morgan fingerprint density at radius 2 is 2.04 bits per heavy atom. The van der Waals surface area contributed by atoms with E-state index in [-0.39, 0.29) is 51.7 Å². The molecule has 2 aliphatic heterocycles. The molecule has 2 bridgehead atoms. The van der Waals surface area contributed by atoms with Crippen LogP contribution in [0.2, 0.25) is 0 Å². The Morgan fingerprint density at radius 1 is 1.33 bits per heavy atom. The fourth-order valence-corrected chi connectivity index (χ4v) is 5.11. The molecule has 27 heavy (non-hydrogen) atoms. The second-order valence-corrected chi connectivity index (χ2v) is 10.2. The standard InChI is InChI=1S/C19H29N5O3/c1-17(2,3)7-19-8-26-11(12(19)18(4,5)6)15(27-19)24-9-21-10-13(24)22-16(20)23-14(10)25/h9,11-12,15H,7-8H2,1-6H3,(H3,20,22,23,25)/t11-,12?,15+,19-/m0/s1. The fraction of sp³-hybridized carbons (Fsp3) is 0.737. The average molecular weight is 375 g/mol. The number of nitrogens with one attached hydrogen (secondary N) is 1. The van der Waals surface area contributed by atoms with Gasteiger partial charge in [-0.05, 0) is 17.3 Å². The summed E-state index contributed by atoms with van der Waals surface area (Å²) in [4.78, 5) is 23.2. The first-order valence-corrected chi connectivity index (χ1v) is 9.43. The van der Waals surface area contributed by atoms with Crippen molar-refractivity contribution in [2.45, 2.75) is 65.9 Å². The van der Waals surface area contributed by atoms with Crippen molar-refractivity contribution in [3.8, 4) is 0 Å². The number of rotatable bonds is 2. The third-order valence-electron chi connectivity index (χ3n) is 5.54. The molecule has 4 rings (SSSR count). The largest absolute Gasteiger partial charge is 0.370 e. The van der Waals surface area contributed by atoms with E-state index in [2.05, 4.69) is 56.5 Å². The number of hydrogen-bond donors (Lipinski definition) is 2. The normalized spacial score (nSPS) is 31.1. The van der Waals surface area contributed by atoms with Gasteiger partial charge in [0.2, 0.25) is 5.95 Å². The van der Waals surface area contributed by atoms with Crippen molar-refractivity contribution in [3.05, 3.63) is 16.7 Å². The SMILES string of the molecule is CC(C)(C)C[C@]12CO[C@@H](C1C(C)(C)C)[C@H](n1cnc3c(=O)[nH]c(N)nc31)O2. The van der Waals surface area contributed by atoms with Crippen LogP contribution in [0.3, 0.4) is 0 Å². The highest BCUT2D eigenvalue weighted by molar-refractivity contribution is 5.70. The minimum Gasteiger partial charge on any atom is -0.370 e. The predicted molar refractivity (Wildman–Crippen MR) is 102 cm³/mol. The number of nitrogen functional groups attached to an aromatic ring is 1. The van der Waals surface area contributed by atoms with Crippen molar-refractivity contribution in [3.63, 3.8) is 0 Å². The van der Waals surface area contributed by atoms with E-state index >= 15 is 0 Å². The zero-order valence-electron chi connectivity index (χ0n) is 16.9. The zero-order chi connectivity index (χ0) is 19.8. The molecule has 0 radical (unpaired) electrons. The molecule has 1 unspecified atom stereocenters. The highest BCUT2D eigenvalue weighted by Crippen LogP contribution is 2.59. The van der Waals surface area contributed by atoms with Crippen LogP contribution in [0.25, 0.3) is 11.2 Å². The quantitative estimate of drug-likeness (QED) is 0.835. The van der Waals surface area contributed by atoms with Crippen LogP contribution >= 0.6 is 0 Å². The Kier molecular flexibility index (Phi) is 3.79. The molecule has 8 heteroatoms. The maximum atomic E-state index is 12.1. The molecule has 148 valence electrons. The Labute approximate surface area is 158 Å². The van der Waals surface area contributed by atoms with Crippen molar-refractivity contribution in [2.24, 2.45) is 16.7 Å². The van der Waals surface area contributed by atoms with Crippen LogP contribution in [0.4, 0.5) is 5.95 Å². The Hall–Kier alpha value is -1.93. The number of nitrogens with zero attached hydrogens (tertiary/aromatic N) is 3. The summed E-state index contributed by atoms with van der Waals surface area (Å²) in [5.41, 5.74) is 5.80. The van der Waals surface area contributed by atoms with E-state index in [1.54, 1.807) is 10.9 Å². The number of H-pyrrole nitrogens is 1. The van der Waals surface area contributed by atoms with E-state index in [1.807, 2.05) is 0 Å². The minimum atomic E-state index is -0.385. The first-order valence-electron chi connectivity index (χ1n) is 9.43. The molecule has 0 aliphatic carbocycles. The molecule has 0 spiro atoms. The van der Waals surface area contributed by atoms with Crippen LogP contribution in [0.15, 0.2) is 11.1 Å². The lowest BCUT2D eigenvalue weighted by Crippen LogP contribution is -2.45. The van der Waals surface area contributed by atoms with Gasteiger partial charge in [-0.3, -0.25) is 14.3 Å². The molecule has 0 aromatic carbocycles. The Balaban J connectivity index is 1.82. The van der Waals surface area contributed by atoms with Crippen molar-refractivity contribution in [2.75, 3.05) is 12.3 Å². The van der Waals surface area contributed by atoms with Gasteiger partial charge in [0.05, 0.1) is 12.9 Å². The molecule has 2 aromatic rings. The number of imidazole rings is 1. The lowest BCUT2D eigenvalue weighted by atomic mass is 9.66. The average Bonchev–Trinajstić information content (AvgIpc) is 3.12. The Morgan fingerprint density at radius 3 is 2.67 bits per heavy atom. The van der Waals surface area contributed by atoms with Crippen molar-refractivity contribution in [1.82, 2.24) is 19.5 Å². The summed E-state index contributed by atoms with van der Waals surface area (Å²) in [7, 11) is 0. The van der Waals surface area contributed by atoms with Gasteiger partial charge in [0.25, 0.3) is 5.56 Å². The number of hydrogen-bond acceptors (Lipinski definition) is 6. The Bertz CT molecular complexity index is 935. The molecule has 2 aromatic heterocycles. The molecular formula is C19H29N5O3. The first kappa shape index (κ1) is 18.4. The lowest BCUT2D eigenvalue weighted by Gasteiger charge is -2.40. The van der Waals surface area contributed by atoms with Crippen LogP contribution < -0.4 is 11.3 Å². The molecule has 2 fully saturated rings. The highest BCUT2D eigenvalue weighted by atomic mass is 16.6. The molecule has 3 N–H and O–H groups in total. The predicted octanol–water partition coefficient (Wildman–Crippen LogP) is 2.47. The minimum absolute atomic E-state index is 0.00147. The van der Waals surface area contributed by atoms with Crippen LogP contribution in [0, 0.1) is 16.7 Å². The summed E-state index contributed by atoms with van der Waals surface area (Å²) in [5.74, 6) is 0.279. The van der Waals surface area contributed by atoms with E-state index in [0.29, 0.717) is 12.3 Å². The summed E-state index contributed by atoms with van der Waals surface area (Å²) < 4.78 is 14.8. The summed E-state index contributed by atoms with van der Waals surface area (Å²) in [6.45, 7) is 13.9. The second-order valence-electron chi connectivity index (χ2n) is 10.2. The summed E-state index contributed by atoms with van der Waals surface area (Å²) in [6, 6.07) is 0. The summed E-state index contributed by atoms with van der Waals surface area (Å²) in [5, 5.41) is 0. The molecule has 0 amide bonds. The first-order chi connectivity index (χ1) is 12.4. The zero-order valence-corrected chi connectivity index (χ0v) is 16.9. The number of ether oxygens (including phenoxy) is 2. The number of fused-ring (bicyclic) bond motifs is 3. The van der Waals surface area contributed by atoms with Gasteiger partial charge in [0.15, 0.2) is 17.4 Å². The topological polar surface area (TPSA) is 108 Å². The van der Waals surface area contributed by atoms with Gasteiger partial charge >= 0.3 is 0 Å². The van der Waals surface area contributed by atoms with Crippen LogP contribution in [-0.2, 0) is 9.47 Å². The molecule has 2 saturated heterocycles. The van der Waals surface area contributed by atoms with Crippen LogP contribution in [0.1, 0.15) is 54.2 Å². The van der Waals surface area contributed by atoms with Crippen LogP contribution in [-0.4, -0.2) is 37.8 Å². The molecule has 0 saturated carbocycles.